The number of nitrogens with zero attached hydrogens (tertiary/aromatic N) is 1. The molecule has 2 heteroatoms. The maximum atomic E-state index is 6.66. The third kappa shape index (κ3) is 3.24. The lowest BCUT2D eigenvalue weighted by molar-refractivity contribution is 0.115. The van der Waals surface area contributed by atoms with Gasteiger partial charge in [0, 0.05) is 24.7 Å². The highest BCUT2D eigenvalue weighted by atomic mass is 15.2. The van der Waals surface area contributed by atoms with Gasteiger partial charge in [-0.3, -0.25) is 4.90 Å². The van der Waals surface area contributed by atoms with Crippen LogP contribution in [0.5, 0.6) is 0 Å². The third-order valence-corrected chi connectivity index (χ3v) is 4.80. The van der Waals surface area contributed by atoms with E-state index in [0.717, 1.165) is 12.0 Å². The molecule has 1 aromatic rings. The van der Waals surface area contributed by atoms with Crippen molar-refractivity contribution in [3.05, 3.63) is 35.9 Å². The van der Waals surface area contributed by atoms with Crippen LogP contribution in [0.4, 0.5) is 0 Å². The smallest absolute Gasteiger partial charge is 0.0455 e. The van der Waals surface area contributed by atoms with Crippen LogP contribution in [0, 0.1) is 11.8 Å². The maximum absolute atomic E-state index is 6.66. The minimum atomic E-state index is 0.135. The molecule has 2 unspecified atom stereocenters. The van der Waals surface area contributed by atoms with E-state index < -0.39 is 0 Å². The second kappa shape index (κ2) is 5.87. The fourth-order valence-electron chi connectivity index (χ4n) is 3.40. The molecule has 110 valence electrons. The summed E-state index contributed by atoms with van der Waals surface area (Å²) in [7, 11) is 0. The summed E-state index contributed by atoms with van der Waals surface area (Å²) in [4.78, 5) is 2.75. The number of nitrogens with two attached hydrogens (primary N) is 1. The zero-order valence-electron chi connectivity index (χ0n) is 12.8. The Balaban J connectivity index is 1.79. The zero-order valence-corrected chi connectivity index (χ0v) is 12.8. The van der Waals surface area contributed by atoms with Gasteiger partial charge >= 0.3 is 0 Å². The van der Waals surface area contributed by atoms with Crippen molar-refractivity contribution in [2.24, 2.45) is 17.6 Å². The van der Waals surface area contributed by atoms with Crippen molar-refractivity contribution in [3.63, 3.8) is 0 Å². The van der Waals surface area contributed by atoms with Crippen molar-refractivity contribution < 1.29 is 0 Å². The first kappa shape index (κ1) is 14.1. The molecular formula is C18H28N2. The van der Waals surface area contributed by atoms with Crippen molar-refractivity contribution in [2.45, 2.75) is 57.7 Å². The Morgan fingerprint density at radius 2 is 1.75 bits per heavy atom. The monoisotopic (exact) mass is 272 g/mol. The van der Waals surface area contributed by atoms with Gasteiger partial charge in [-0.15, -0.1) is 0 Å². The lowest BCUT2D eigenvalue weighted by atomic mass is 9.90. The lowest BCUT2D eigenvalue weighted by Crippen LogP contribution is -2.48. The third-order valence-electron chi connectivity index (χ3n) is 4.80. The zero-order chi connectivity index (χ0) is 14.1. The van der Waals surface area contributed by atoms with E-state index in [0.29, 0.717) is 12.0 Å². The molecule has 0 saturated heterocycles. The van der Waals surface area contributed by atoms with Crippen LogP contribution in [-0.2, 0) is 0 Å². The van der Waals surface area contributed by atoms with Gasteiger partial charge in [0.2, 0.25) is 0 Å². The van der Waals surface area contributed by atoms with Crippen molar-refractivity contribution in [1.29, 1.82) is 0 Å². The molecular weight excluding hydrogens is 244 g/mol. The van der Waals surface area contributed by atoms with Crippen molar-refractivity contribution in [3.8, 4) is 0 Å². The van der Waals surface area contributed by atoms with Gasteiger partial charge in [0.1, 0.15) is 0 Å². The van der Waals surface area contributed by atoms with Gasteiger partial charge in [0.15, 0.2) is 0 Å². The summed E-state index contributed by atoms with van der Waals surface area (Å²) in [5, 5.41) is 0. The van der Waals surface area contributed by atoms with Crippen LogP contribution in [0.2, 0.25) is 0 Å². The van der Waals surface area contributed by atoms with Gasteiger partial charge in [0.25, 0.3) is 0 Å². The Labute approximate surface area is 123 Å². The largest absolute Gasteiger partial charge is 0.323 e. The molecule has 0 spiro atoms. The van der Waals surface area contributed by atoms with Gasteiger partial charge < -0.3 is 5.73 Å². The van der Waals surface area contributed by atoms with Gasteiger partial charge in [0.05, 0.1) is 0 Å². The molecule has 1 aromatic carbocycles. The quantitative estimate of drug-likeness (QED) is 0.822. The summed E-state index contributed by atoms with van der Waals surface area (Å²) in [6.45, 7) is 5.93. The topological polar surface area (TPSA) is 29.3 Å². The van der Waals surface area contributed by atoms with Crippen molar-refractivity contribution in [2.75, 3.05) is 6.54 Å². The highest BCUT2D eigenvalue weighted by molar-refractivity contribution is 5.21. The van der Waals surface area contributed by atoms with E-state index >= 15 is 0 Å². The van der Waals surface area contributed by atoms with Crippen LogP contribution in [0.15, 0.2) is 30.3 Å². The molecule has 0 heterocycles. The molecule has 2 aliphatic carbocycles. The molecule has 0 aromatic heterocycles. The Kier molecular flexibility index (Phi) is 4.13. The predicted octanol–water partition coefficient (Wildman–Crippen LogP) is 3.59. The summed E-state index contributed by atoms with van der Waals surface area (Å²) in [5.41, 5.74) is 7.95. The molecule has 0 amide bonds. The molecule has 0 radical (unpaired) electrons. The molecule has 2 nitrogen and oxygen atoms in total. The van der Waals surface area contributed by atoms with Crippen LogP contribution < -0.4 is 5.73 Å². The molecule has 2 fully saturated rings. The molecule has 3 rings (SSSR count). The molecule has 2 N–H and O–H groups in total. The lowest BCUT2D eigenvalue weighted by Gasteiger charge is -2.39. The molecule has 20 heavy (non-hydrogen) atoms. The highest BCUT2D eigenvalue weighted by Gasteiger charge is 2.40. The average molecular weight is 272 g/mol. The van der Waals surface area contributed by atoms with Crippen LogP contribution in [0.3, 0.4) is 0 Å². The summed E-state index contributed by atoms with van der Waals surface area (Å²) < 4.78 is 0. The minimum absolute atomic E-state index is 0.135. The Morgan fingerprint density at radius 3 is 2.25 bits per heavy atom. The van der Waals surface area contributed by atoms with Crippen LogP contribution in [-0.4, -0.2) is 23.5 Å². The standard InChI is InChI=1S/C18H28N2/c1-13(2)18(17(19)15-6-4-3-5-7-15)20(16-10-11-16)12-14-8-9-14/h3-7,13-14,16-18H,8-12,19H2,1-2H3. The number of rotatable bonds is 7. The Bertz CT molecular complexity index is 420. The summed E-state index contributed by atoms with van der Waals surface area (Å²) in [6, 6.07) is 12.1. The van der Waals surface area contributed by atoms with E-state index in [4.69, 9.17) is 5.73 Å². The molecule has 0 bridgehead atoms. The van der Waals surface area contributed by atoms with E-state index in [1.807, 2.05) is 0 Å². The first-order chi connectivity index (χ1) is 9.66. The predicted molar refractivity (Wildman–Crippen MR) is 84.4 cm³/mol. The first-order valence-electron chi connectivity index (χ1n) is 8.23. The van der Waals surface area contributed by atoms with Crippen molar-refractivity contribution >= 4 is 0 Å². The molecule has 2 saturated carbocycles. The fraction of sp³-hybridized carbons (Fsp3) is 0.667. The molecule has 2 aliphatic rings. The van der Waals surface area contributed by atoms with Gasteiger partial charge in [-0.1, -0.05) is 44.2 Å². The Morgan fingerprint density at radius 1 is 1.10 bits per heavy atom. The van der Waals surface area contributed by atoms with Gasteiger partial charge in [-0.05, 0) is 43.1 Å². The van der Waals surface area contributed by atoms with Crippen LogP contribution >= 0.6 is 0 Å². The highest BCUT2D eigenvalue weighted by Crippen LogP contribution is 2.39. The minimum Gasteiger partial charge on any atom is -0.323 e. The summed E-state index contributed by atoms with van der Waals surface area (Å²) in [5.74, 6) is 1.55. The fourth-order valence-corrected chi connectivity index (χ4v) is 3.40. The van der Waals surface area contributed by atoms with E-state index in [-0.39, 0.29) is 6.04 Å². The van der Waals surface area contributed by atoms with E-state index in [2.05, 4.69) is 49.1 Å². The normalized spacial score (nSPS) is 22.2. The summed E-state index contributed by atoms with van der Waals surface area (Å²) in [6.07, 6.45) is 5.60. The second-order valence-electron chi connectivity index (χ2n) is 7.04. The van der Waals surface area contributed by atoms with Crippen LogP contribution in [0.1, 0.15) is 51.1 Å². The van der Waals surface area contributed by atoms with Crippen LogP contribution in [0.25, 0.3) is 0 Å². The average Bonchev–Trinajstić information content (AvgIpc) is 3.31. The number of hydrogen-bond donors (Lipinski definition) is 1. The van der Waals surface area contributed by atoms with E-state index in [9.17, 15) is 0 Å². The van der Waals surface area contributed by atoms with Crippen molar-refractivity contribution in [1.82, 2.24) is 4.90 Å². The van der Waals surface area contributed by atoms with Gasteiger partial charge in [-0.2, -0.15) is 0 Å². The maximum Gasteiger partial charge on any atom is 0.0455 e. The second-order valence-corrected chi connectivity index (χ2v) is 7.04. The van der Waals surface area contributed by atoms with E-state index in [1.54, 1.807) is 0 Å². The first-order valence-corrected chi connectivity index (χ1v) is 8.23. The number of benzene rings is 1. The molecule has 0 aliphatic heterocycles. The SMILES string of the molecule is CC(C)C(C(N)c1ccccc1)N(CC1CC1)C1CC1. The molecule has 2 atom stereocenters. The Hall–Kier alpha value is -0.860. The summed E-state index contributed by atoms with van der Waals surface area (Å²) >= 11 is 0. The number of hydrogen-bond acceptors (Lipinski definition) is 2. The van der Waals surface area contributed by atoms with Gasteiger partial charge in [-0.25, -0.2) is 0 Å². The van der Waals surface area contributed by atoms with E-state index in [1.165, 1.54) is 37.8 Å².